The van der Waals surface area contributed by atoms with E-state index in [0.29, 0.717) is 13.1 Å². The Morgan fingerprint density at radius 2 is 2.00 bits per heavy atom. The molecule has 98 valence electrons. The first kappa shape index (κ1) is 14.1. The van der Waals surface area contributed by atoms with Gasteiger partial charge < -0.3 is 14.9 Å². The van der Waals surface area contributed by atoms with Crippen LogP contribution in [0.1, 0.15) is 10.5 Å². The fourth-order valence-electron chi connectivity index (χ4n) is 1.39. The Bertz CT molecular complexity index is 406. The number of rotatable bonds is 6. The molecular formula is C12H17N3O3. The average molecular weight is 251 g/mol. The Kier molecular flexibility index (Phi) is 5.26. The molecule has 1 rings (SSSR count). The van der Waals surface area contributed by atoms with Crippen molar-refractivity contribution >= 4 is 11.9 Å². The van der Waals surface area contributed by atoms with Crippen LogP contribution in [0.2, 0.25) is 0 Å². The van der Waals surface area contributed by atoms with Crippen LogP contribution < -0.4 is 0 Å². The lowest BCUT2D eigenvalue weighted by molar-refractivity contribution is -0.137. The number of amides is 1. The van der Waals surface area contributed by atoms with E-state index >= 15 is 0 Å². The van der Waals surface area contributed by atoms with Crippen molar-refractivity contribution in [3.63, 3.8) is 0 Å². The van der Waals surface area contributed by atoms with Crippen molar-refractivity contribution in [2.45, 2.75) is 0 Å². The Balaban J connectivity index is 2.75. The van der Waals surface area contributed by atoms with Gasteiger partial charge in [0.05, 0.1) is 0 Å². The lowest BCUT2D eigenvalue weighted by Gasteiger charge is -2.22. The monoisotopic (exact) mass is 251 g/mol. The number of hydrogen-bond donors (Lipinski definition) is 1. The van der Waals surface area contributed by atoms with Gasteiger partial charge in [0.1, 0.15) is 12.2 Å². The van der Waals surface area contributed by atoms with Crippen molar-refractivity contribution in [2.75, 3.05) is 33.7 Å². The third-order valence-corrected chi connectivity index (χ3v) is 2.31. The highest BCUT2D eigenvalue weighted by Crippen LogP contribution is 2.01. The minimum absolute atomic E-state index is 0.262. The van der Waals surface area contributed by atoms with Gasteiger partial charge in [0.2, 0.25) is 0 Å². The van der Waals surface area contributed by atoms with Crippen LogP contribution in [0, 0.1) is 0 Å². The zero-order valence-electron chi connectivity index (χ0n) is 10.5. The Hall–Kier alpha value is -1.95. The maximum Gasteiger partial charge on any atom is 0.323 e. The molecule has 0 bridgehead atoms. The van der Waals surface area contributed by atoms with Crippen LogP contribution in [-0.4, -0.2) is 65.5 Å². The van der Waals surface area contributed by atoms with Crippen LogP contribution in [0.4, 0.5) is 0 Å². The summed E-state index contributed by atoms with van der Waals surface area (Å²) in [5, 5.41) is 8.82. The van der Waals surface area contributed by atoms with Crippen LogP contribution in [0.15, 0.2) is 24.4 Å². The van der Waals surface area contributed by atoms with E-state index in [9.17, 15) is 9.59 Å². The first-order valence-corrected chi connectivity index (χ1v) is 5.57. The maximum absolute atomic E-state index is 12.1. The first-order chi connectivity index (χ1) is 8.50. The molecule has 1 aromatic heterocycles. The summed E-state index contributed by atoms with van der Waals surface area (Å²) < 4.78 is 0. The van der Waals surface area contributed by atoms with Crippen LogP contribution in [-0.2, 0) is 4.79 Å². The van der Waals surface area contributed by atoms with E-state index in [1.54, 1.807) is 18.2 Å². The molecule has 0 aliphatic rings. The molecule has 6 nitrogen and oxygen atoms in total. The number of nitrogens with zero attached hydrogens (tertiary/aromatic N) is 3. The van der Waals surface area contributed by atoms with Gasteiger partial charge in [-0.15, -0.1) is 0 Å². The zero-order valence-corrected chi connectivity index (χ0v) is 10.5. The van der Waals surface area contributed by atoms with Gasteiger partial charge in [-0.2, -0.15) is 0 Å². The van der Waals surface area contributed by atoms with Gasteiger partial charge in [0.25, 0.3) is 5.91 Å². The standard InChI is InChI=1S/C12H17N3O3/c1-14(2)7-8-15(9-11(16)17)12(18)10-5-3-4-6-13-10/h3-6H,7-9H2,1-2H3,(H,16,17). The van der Waals surface area contributed by atoms with E-state index in [1.807, 2.05) is 19.0 Å². The Morgan fingerprint density at radius 1 is 1.28 bits per heavy atom. The molecule has 6 heteroatoms. The molecular weight excluding hydrogens is 234 g/mol. The minimum atomic E-state index is -1.03. The molecule has 0 saturated carbocycles. The second-order valence-electron chi connectivity index (χ2n) is 4.14. The summed E-state index contributed by atoms with van der Waals surface area (Å²) in [7, 11) is 3.73. The fourth-order valence-corrected chi connectivity index (χ4v) is 1.39. The molecule has 0 radical (unpaired) electrons. The quantitative estimate of drug-likeness (QED) is 0.780. The van der Waals surface area contributed by atoms with Gasteiger partial charge in [0, 0.05) is 19.3 Å². The molecule has 0 unspecified atom stereocenters. The van der Waals surface area contributed by atoms with E-state index in [-0.39, 0.29) is 18.1 Å². The van der Waals surface area contributed by atoms with Gasteiger partial charge in [-0.3, -0.25) is 14.6 Å². The summed E-state index contributed by atoms with van der Waals surface area (Å²) >= 11 is 0. The molecule has 0 aliphatic carbocycles. The van der Waals surface area contributed by atoms with E-state index in [4.69, 9.17) is 5.11 Å². The number of hydrogen-bond acceptors (Lipinski definition) is 4. The Morgan fingerprint density at radius 3 is 2.50 bits per heavy atom. The SMILES string of the molecule is CN(C)CCN(CC(=O)O)C(=O)c1ccccn1. The largest absolute Gasteiger partial charge is 0.480 e. The number of carboxylic acids is 1. The molecule has 1 aromatic rings. The number of aliphatic carboxylic acids is 1. The summed E-state index contributed by atoms with van der Waals surface area (Å²) in [5.74, 6) is -1.39. The lowest BCUT2D eigenvalue weighted by Crippen LogP contribution is -2.40. The average Bonchev–Trinajstić information content (AvgIpc) is 2.34. The summed E-state index contributed by atoms with van der Waals surface area (Å²) in [5.41, 5.74) is 0.262. The van der Waals surface area contributed by atoms with E-state index in [1.165, 1.54) is 11.1 Å². The molecule has 0 spiro atoms. The minimum Gasteiger partial charge on any atom is -0.480 e. The van der Waals surface area contributed by atoms with Crippen molar-refractivity contribution in [3.8, 4) is 0 Å². The second-order valence-corrected chi connectivity index (χ2v) is 4.14. The highest BCUT2D eigenvalue weighted by Gasteiger charge is 2.19. The molecule has 0 atom stereocenters. The molecule has 0 aliphatic heterocycles. The number of carboxylic acid groups (broad SMARTS) is 1. The van der Waals surface area contributed by atoms with Crippen molar-refractivity contribution in [2.24, 2.45) is 0 Å². The molecule has 0 saturated heterocycles. The molecule has 0 fully saturated rings. The van der Waals surface area contributed by atoms with Crippen molar-refractivity contribution in [3.05, 3.63) is 30.1 Å². The van der Waals surface area contributed by atoms with Gasteiger partial charge in [-0.25, -0.2) is 0 Å². The molecule has 0 aromatic carbocycles. The highest BCUT2D eigenvalue weighted by molar-refractivity contribution is 5.94. The summed E-state index contributed by atoms with van der Waals surface area (Å²) in [6.07, 6.45) is 1.51. The van der Waals surface area contributed by atoms with Crippen LogP contribution in [0.5, 0.6) is 0 Å². The maximum atomic E-state index is 12.1. The van der Waals surface area contributed by atoms with Crippen molar-refractivity contribution in [1.82, 2.24) is 14.8 Å². The number of carbonyl (C=O) groups excluding carboxylic acids is 1. The highest BCUT2D eigenvalue weighted by atomic mass is 16.4. The number of aromatic nitrogens is 1. The molecule has 1 N–H and O–H groups in total. The predicted octanol–water partition coefficient (Wildman–Crippen LogP) is 0.170. The van der Waals surface area contributed by atoms with Crippen LogP contribution in [0.25, 0.3) is 0 Å². The lowest BCUT2D eigenvalue weighted by atomic mass is 10.3. The topological polar surface area (TPSA) is 73.7 Å². The van der Waals surface area contributed by atoms with E-state index in [0.717, 1.165) is 0 Å². The number of carbonyl (C=O) groups is 2. The third-order valence-electron chi connectivity index (χ3n) is 2.31. The number of pyridine rings is 1. The van der Waals surface area contributed by atoms with E-state index < -0.39 is 5.97 Å². The van der Waals surface area contributed by atoms with Gasteiger partial charge >= 0.3 is 5.97 Å². The first-order valence-electron chi connectivity index (χ1n) is 5.57. The molecule has 18 heavy (non-hydrogen) atoms. The predicted molar refractivity (Wildman–Crippen MR) is 66.3 cm³/mol. The van der Waals surface area contributed by atoms with Crippen molar-refractivity contribution in [1.29, 1.82) is 0 Å². The second kappa shape index (κ2) is 6.70. The van der Waals surface area contributed by atoms with E-state index in [2.05, 4.69) is 4.98 Å². The zero-order chi connectivity index (χ0) is 13.5. The summed E-state index contributed by atoms with van der Waals surface area (Å²) in [6, 6.07) is 4.98. The summed E-state index contributed by atoms with van der Waals surface area (Å²) in [6.45, 7) is 0.643. The fraction of sp³-hybridized carbons (Fsp3) is 0.417. The molecule has 1 amide bonds. The normalized spacial score (nSPS) is 10.4. The van der Waals surface area contributed by atoms with Gasteiger partial charge in [0.15, 0.2) is 0 Å². The van der Waals surface area contributed by atoms with Crippen molar-refractivity contribution < 1.29 is 14.7 Å². The summed E-state index contributed by atoms with van der Waals surface area (Å²) in [4.78, 5) is 29.9. The Labute approximate surface area is 106 Å². The smallest absolute Gasteiger partial charge is 0.323 e. The van der Waals surface area contributed by atoms with Gasteiger partial charge in [-0.1, -0.05) is 6.07 Å². The third kappa shape index (κ3) is 4.50. The number of likely N-dealkylation sites (N-methyl/N-ethyl adjacent to an activating group) is 1. The van der Waals surface area contributed by atoms with Crippen LogP contribution >= 0.6 is 0 Å². The van der Waals surface area contributed by atoms with Gasteiger partial charge in [-0.05, 0) is 26.2 Å². The van der Waals surface area contributed by atoms with Crippen LogP contribution in [0.3, 0.4) is 0 Å². The molecule has 1 heterocycles.